The summed E-state index contributed by atoms with van der Waals surface area (Å²) in [6.45, 7) is 3.34. The van der Waals surface area contributed by atoms with Gasteiger partial charge in [-0.15, -0.1) is 0 Å². The summed E-state index contributed by atoms with van der Waals surface area (Å²) in [6.07, 6.45) is 2.71. The SMILES string of the molecule is CCN(c1ccc(Br)cc1CBr)C1CC1. The minimum absolute atomic E-state index is 0.786. The Morgan fingerprint density at radius 1 is 1.40 bits per heavy atom. The predicted octanol–water partition coefficient (Wildman–Crippen LogP) is 4.33. The summed E-state index contributed by atoms with van der Waals surface area (Å²) in [5, 5.41) is 0.922. The molecular weight excluding hydrogens is 318 g/mol. The largest absolute Gasteiger partial charge is 0.369 e. The molecule has 0 aromatic heterocycles. The highest BCUT2D eigenvalue weighted by atomic mass is 79.9. The molecule has 0 aliphatic heterocycles. The maximum absolute atomic E-state index is 3.56. The molecule has 1 saturated carbocycles. The second-order valence-electron chi connectivity index (χ2n) is 3.92. The van der Waals surface area contributed by atoms with E-state index in [1.807, 2.05) is 0 Å². The molecule has 0 saturated heterocycles. The lowest BCUT2D eigenvalue weighted by Gasteiger charge is -2.25. The van der Waals surface area contributed by atoms with Crippen LogP contribution in [0.3, 0.4) is 0 Å². The van der Waals surface area contributed by atoms with E-state index in [1.54, 1.807) is 0 Å². The fourth-order valence-corrected chi connectivity index (χ4v) is 2.81. The van der Waals surface area contributed by atoms with E-state index in [-0.39, 0.29) is 0 Å². The molecule has 0 atom stereocenters. The first-order valence-corrected chi connectivity index (χ1v) is 7.28. The molecule has 1 aromatic carbocycles. The molecular formula is C12H15Br2N. The number of nitrogens with zero attached hydrogens (tertiary/aromatic N) is 1. The predicted molar refractivity (Wildman–Crippen MR) is 72.8 cm³/mol. The first-order chi connectivity index (χ1) is 7.26. The van der Waals surface area contributed by atoms with Gasteiger partial charge in [0, 0.05) is 28.1 Å². The quantitative estimate of drug-likeness (QED) is 0.742. The third-order valence-corrected chi connectivity index (χ3v) is 3.92. The van der Waals surface area contributed by atoms with E-state index in [0.29, 0.717) is 0 Å². The molecule has 0 amide bonds. The van der Waals surface area contributed by atoms with Crippen LogP contribution in [0, 0.1) is 0 Å². The first-order valence-electron chi connectivity index (χ1n) is 5.37. The molecule has 1 aliphatic rings. The van der Waals surface area contributed by atoms with Crippen LogP contribution in [0.2, 0.25) is 0 Å². The normalized spacial score (nSPS) is 15.4. The van der Waals surface area contributed by atoms with Crippen molar-refractivity contribution in [2.24, 2.45) is 0 Å². The lowest BCUT2D eigenvalue weighted by molar-refractivity contribution is 0.822. The molecule has 3 heteroatoms. The van der Waals surface area contributed by atoms with Gasteiger partial charge in [-0.1, -0.05) is 31.9 Å². The van der Waals surface area contributed by atoms with Gasteiger partial charge in [0.25, 0.3) is 0 Å². The van der Waals surface area contributed by atoms with Gasteiger partial charge < -0.3 is 4.90 Å². The molecule has 0 bridgehead atoms. The highest BCUT2D eigenvalue weighted by molar-refractivity contribution is 9.10. The number of anilines is 1. The fraction of sp³-hybridized carbons (Fsp3) is 0.500. The van der Waals surface area contributed by atoms with Crippen LogP contribution in [0.5, 0.6) is 0 Å². The monoisotopic (exact) mass is 331 g/mol. The summed E-state index contributed by atoms with van der Waals surface area (Å²) >= 11 is 7.08. The van der Waals surface area contributed by atoms with E-state index in [2.05, 4.69) is 61.9 Å². The van der Waals surface area contributed by atoms with Crippen LogP contribution in [0.1, 0.15) is 25.3 Å². The number of benzene rings is 1. The van der Waals surface area contributed by atoms with Gasteiger partial charge in [-0.05, 0) is 43.5 Å². The molecule has 0 N–H and O–H groups in total. The molecule has 0 unspecified atom stereocenters. The zero-order valence-corrected chi connectivity index (χ0v) is 12.0. The van der Waals surface area contributed by atoms with Crippen molar-refractivity contribution in [1.82, 2.24) is 0 Å². The van der Waals surface area contributed by atoms with Crippen molar-refractivity contribution in [3.05, 3.63) is 28.2 Å². The van der Waals surface area contributed by atoms with E-state index >= 15 is 0 Å². The van der Waals surface area contributed by atoms with Gasteiger partial charge in [-0.2, -0.15) is 0 Å². The van der Waals surface area contributed by atoms with Crippen molar-refractivity contribution in [2.45, 2.75) is 31.1 Å². The summed E-state index contributed by atoms with van der Waals surface area (Å²) in [5.74, 6) is 0. The first kappa shape index (κ1) is 11.5. The Labute approximate surface area is 108 Å². The Hall–Kier alpha value is -0.0200. The second-order valence-corrected chi connectivity index (χ2v) is 5.40. The van der Waals surface area contributed by atoms with E-state index in [1.165, 1.54) is 24.1 Å². The maximum Gasteiger partial charge on any atom is 0.0410 e. The maximum atomic E-state index is 3.56. The molecule has 1 aromatic rings. The molecule has 82 valence electrons. The molecule has 1 fully saturated rings. The van der Waals surface area contributed by atoms with Crippen molar-refractivity contribution in [3.8, 4) is 0 Å². The minimum atomic E-state index is 0.786. The van der Waals surface area contributed by atoms with Gasteiger partial charge in [-0.25, -0.2) is 0 Å². The van der Waals surface area contributed by atoms with Crippen LogP contribution in [0.25, 0.3) is 0 Å². The van der Waals surface area contributed by atoms with Gasteiger partial charge in [0.05, 0.1) is 0 Å². The minimum Gasteiger partial charge on any atom is -0.369 e. The topological polar surface area (TPSA) is 3.24 Å². The van der Waals surface area contributed by atoms with Crippen molar-refractivity contribution in [2.75, 3.05) is 11.4 Å². The van der Waals surface area contributed by atoms with Crippen LogP contribution in [-0.2, 0) is 5.33 Å². The number of alkyl halides is 1. The summed E-state index contributed by atoms with van der Waals surface area (Å²) < 4.78 is 1.16. The molecule has 0 spiro atoms. The third-order valence-electron chi connectivity index (χ3n) is 2.82. The Balaban J connectivity index is 2.32. The number of hydrogen-bond acceptors (Lipinski definition) is 1. The smallest absolute Gasteiger partial charge is 0.0410 e. The molecule has 15 heavy (non-hydrogen) atoms. The molecule has 0 heterocycles. The third kappa shape index (κ3) is 2.56. The highest BCUT2D eigenvalue weighted by Crippen LogP contribution is 2.35. The van der Waals surface area contributed by atoms with Crippen molar-refractivity contribution < 1.29 is 0 Å². The average Bonchev–Trinajstić information content (AvgIpc) is 3.05. The zero-order valence-electron chi connectivity index (χ0n) is 8.84. The number of halogens is 2. The fourth-order valence-electron chi connectivity index (χ4n) is 1.95. The van der Waals surface area contributed by atoms with E-state index < -0.39 is 0 Å². The van der Waals surface area contributed by atoms with E-state index in [4.69, 9.17) is 0 Å². The van der Waals surface area contributed by atoms with Crippen LogP contribution in [0.4, 0.5) is 5.69 Å². The van der Waals surface area contributed by atoms with Crippen molar-refractivity contribution >= 4 is 37.5 Å². The summed E-state index contributed by atoms with van der Waals surface area (Å²) in [7, 11) is 0. The van der Waals surface area contributed by atoms with Gasteiger partial charge in [0.2, 0.25) is 0 Å². The van der Waals surface area contributed by atoms with Crippen molar-refractivity contribution in [3.63, 3.8) is 0 Å². The Morgan fingerprint density at radius 3 is 2.67 bits per heavy atom. The van der Waals surface area contributed by atoms with E-state index in [9.17, 15) is 0 Å². The standard InChI is InChI=1S/C12H15Br2N/c1-2-15(11-4-5-11)12-6-3-10(14)7-9(12)8-13/h3,6-7,11H,2,4-5,8H2,1H3. The lowest BCUT2D eigenvalue weighted by Crippen LogP contribution is -2.25. The Kier molecular flexibility index (Phi) is 3.73. The van der Waals surface area contributed by atoms with E-state index in [0.717, 1.165) is 22.4 Å². The Morgan fingerprint density at radius 2 is 2.13 bits per heavy atom. The van der Waals surface area contributed by atoms with Gasteiger partial charge in [-0.3, -0.25) is 0 Å². The van der Waals surface area contributed by atoms with Crippen LogP contribution in [0.15, 0.2) is 22.7 Å². The molecule has 2 rings (SSSR count). The zero-order chi connectivity index (χ0) is 10.8. The molecule has 0 radical (unpaired) electrons. The second kappa shape index (κ2) is 4.88. The molecule has 1 nitrogen and oxygen atoms in total. The Bertz CT molecular complexity index is 347. The van der Waals surface area contributed by atoms with Crippen LogP contribution >= 0.6 is 31.9 Å². The summed E-state index contributed by atoms with van der Waals surface area (Å²) in [6, 6.07) is 7.35. The van der Waals surface area contributed by atoms with Gasteiger partial charge in [0.15, 0.2) is 0 Å². The van der Waals surface area contributed by atoms with Gasteiger partial charge in [0.1, 0.15) is 0 Å². The van der Waals surface area contributed by atoms with Gasteiger partial charge >= 0.3 is 0 Å². The summed E-state index contributed by atoms with van der Waals surface area (Å²) in [4.78, 5) is 2.52. The number of rotatable bonds is 4. The average molecular weight is 333 g/mol. The van der Waals surface area contributed by atoms with Crippen LogP contribution in [-0.4, -0.2) is 12.6 Å². The van der Waals surface area contributed by atoms with Crippen molar-refractivity contribution in [1.29, 1.82) is 0 Å². The molecule has 1 aliphatic carbocycles. The number of hydrogen-bond donors (Lipinski definition) is 0. The van der Waals surface area contributed by atoms with Crippen LogP contribution < -0.4 is 4.90 Å². The summed E-state index contributed by atoms with van der Waals surface area (Å²) in [5.41, 5.74) is 2.76. The lowest BCUT2D eigenvalue weighted by atomic mass is 10.2. The highest BCUT2D eigenvalue weighted by Gasteiger charge is 2.29.